The summed E-state index contributed by atoms with van der Waals surface area (Å²) in [6.07, 6.45) is 14.2. The van der Waals surface area contributed by atoms with Gasteiger partial charge in [-0.1, -0.05) is 57.4 Å². The van der Waals surface area contributed by atoms with Gasteiger partial charge in [0.1, 0.15) is 0 Å². The predicted molar refractivity (Wildman–Crippen MR) is 83.4 cm³/mol. The molecule has 0 saturated heterocycles. The smallest absolute Gasteiger partial charge is 0.192 e. The first-order valence-electron chi connectivity index (χ1n) is 7.75. The second-order valence-electron chi connectivity index (χ2n) is 5.44. The van der Waals surface area contributed by atoms with Crippen molar-refractivity contribution in [2.45, 2.75) is 64.6 Å². The fourth-order valence-electron chi connectivity index (χ4n) is 3.14. The van der Waals surface area contributed by atoms with Gasteiger partial charge in [0.05, 0.1) is 0 Å². The van der Waals surface area contributed by atoms with Crippen LogP contribution in [-0.4, -0.2) is 14.9 Å². The third kappa shape index (κ3) is 5.11. The highest BCUT2D eigenvalue weighted by Crippen LogP contribution is 2.29. The van der Waals surface area contributed by atoms with E-state index in [4.69, 9.17) is 4.43 Å². The number of hydrogen-bond donors (Lipinski definition) is 0. The van der Waals surface area contributed by atoms with Gasteiger partial charge in [-0.15, -0.1) is 0 Å². The molecule has 0 saturated carbocycles. The predicted octanol–water partition coefficient (Wildman–Crippen LogP) is 5.31. The Morgan fingerprint density at radius 1 is 0.944 bits per heavy atom. The van der Waals surface area contributed by atoms with Gasteiger partial charge in [-0.05, 0) is 37.4 Å². The molecule has 0 aromatic heterocycles. The molecule has 1 nitrogen and oxygen atoms in total. The van der Waals surface area contributed by atoms with E-state index in [0.29, 0.717) is 5.92 Å². The van der Waals surface area contributed by atoms with Crippen LogP contribution >= 0.6 is 0 Å². The zero-order valence-corrected chi connectivity index (χ0v) is 13.5. The average Bonchev–Trinajstić information content (AvgIpc) is 2.83. The minimum Gasteiger partial charge on any atom is -0.417 e. The van der Waals surface area contributed by atoms with Crippen LogP contribution < -0.4 is 0 Å². The van der Waals surface area contributed by atoms with Crippen LogP contribution in [0.2, 0.25) is 18.1 Å². The molecular weight excluding hydrogens is 236 g/mol. The molecule has 18 heavy (non-hydrogen) atoms. The number of allylic oxidation sites excluding steroid dienone is 4. The SMILES string of the molecule is CCC[Si](CCC)(CCCC1C=CC=C1)OCC. The lowest BCUT2D eigenvalue weighted by atomic mass is 10.1. The average molecular weight is 267 g/mol. The molecule has 0 amide bonds. The van der Waals surface area contributed by atoms with Gasteiger partial charge in [0.15, 0.2) is 8.32 Å². The molecule has 0 radical (unpaired) electrons. The van der Waals surface area contributed by atoms with Crippen LogP contribution in [-0.2, 0) is 4.43 Å². The summed E-state index contributed by atoms with van der Waals surface area (Å²) in [5.74, 6) is 0.696. The Morgan fingerprint density at radius 3 is 2.06 bits per heavy atom. The molecule has 2 heteroatoms. The van der Waals surface area contributed by atoms with Crippen LogP contribution in [0.1, 0.15) is 46.5 Å². The van der Waals surface area contributed by atoms with E-state index < -0.39 is 8.32 Å². The number of rotatable bonds is 10. The molecule has 0 bridgehead atoms. The Kier molecular flexibility index (Phi) is 7.60. The molecule has 0 aliphatic heterocycles. The highest BCUT2D eigenvalue weighted by molar-refractivity contribution is 6.73. The van der Waals surface area contributed by atoms with Crippen LogP contribution in [0.3, 0.4) is 0 Å². The monoisotopic (exact) mass is 266 g/mol. The van der Waals surface area contributed by atoms with Gasteiger partial charge in [-0.2, -0.15) is 0 Å². The lowest BCUT2D eigenvalue weighted by molar-refractivity contribution is 0.315. The summed E-state index contributed by atoms with van der Waals surface area (Å²) in [6.45, 7) is 7.68. The lowest BCUT2D eigenvalue weighted by Crippen LogP contribution is -2.37. The normalized spacial score (nSPS) is 15.7. The molecule has 0 N–H and O–H groups in total. The minimum absolute atomic E-state index is 0.696. The van der Waals surface area contributed by atoms with Gasteiger partial charge in [0.2, 0.25) is 0 Å². The fourth-order valence-corrected chi connectivity index (χ4v) is 7.61. The van der Waals surface area contributed by atoms with Gasteiger partial charge >= 0.3 is 0 Å². The van der Waals surface area contributed by atoms with Gasteiger partial charge in [0, 0.05) is 6.61 Å². The first kappa shape index (κ1) is 15.7. The second kappa shape index (κ2) is 8.71. The molecule has 0 aromatic rings. The third-order valence-electron chi connectivity index (χ3n) is 3.86. The van der Waals surface area contributed by atoms with Crippen molar-refractivity contribution < 1.29 is 4.43 Å². The van der Waals surface area contributed by atoms with Crippen LogP contribution in [0.25, 0.3) is 0 Å². The topological polar surface area (TPSA) is 9.23 Å². The van der Waals surface area contributed by atoms with E-state index in [0.717, 1.165) is 6.61 Å². The molecule has 0 heterocycles. The summed E-state index contributed by atoms with van der Waals surface area (Å²) in [7, 11) is -1.42. The first-order chi connectivity index (χ1) is 8.76. The maximum atomic E-state index is 6.28. The van der Waals surface area contributed by atoms with Gasteiger partial charge < -0.3 is 4.43 Å². The highest BCUT2D eigenvalue weighted by atomic mass is 28.4. The minimum atomic E-state index is -1.42. The summed E-state index contributed by atoms with van der Waals surface area (Å²) in [5, 5.41) is 0. The largest absolute Gasteiger partial charge is 0.417 e. The molecule has 104 valence electrons. The van der Waals surface area contributed by atoms with E-state index >= 15 is 0 Å². The van der Waals surface area contributed by atoms with Crippen molar-refractivity contribution in [2.75, 3.05) is 6.61 Å². The molecule has 0 spiro atoms. The van der Waals surface area contributed by atoms with E-state index in [2.05, 4.69) is 45.1 Å². The van der Waals surface area contributed by atoms with E-state index in [1.807, 2.05) is 0 Å². The van der Waals surface area contributed by atoms with Crippen molar-refractivity contribution >= 4 is 8.32 Å². The lowest BCUT2D eigenvalue weighted by Gasteiger charge is -2.31. The van der Waals surface area contributed by atoms with E-state index in [9.17, 15) is 0 Å². The zero-order valence-electron chi connectivity index (χ0n) is 12.5. The van der Waals surface area contributed by atoms with Gasteiger partial charge in [-0.25, -0.2) is 0 Å². The van der Waals surface area contributed by atoms with E-state index in [1.165, 1.54) is 43.8 Å². The summed E-state index contributed by atoms with van der Waals surface area (Å²) in [6, 6.07) is 4.07. The number of hydrogen-bond acceptors (Lipinski definition) is 1. The van der Waals surface area contributed by atoms with Crippen LogP contribution in [0.15, 0.2) is 24.3 Å². The maximum absolute atomic E-state index is 6.28. The Hall–Kier alpha value is -0.343. The van der Waals surface area contributed by atoms with Gasteiger partial charge in [-0.3, -0.25) is 0 Å². The van der Waals surface area contributed by atoms with E-state index in [1.54, 1.807) is 0 Å². The Balaban J connectivity index is 2.42. The molecule has 0 unspecified atom stereocenters. The summed E-state index contributed by atoms with van der Waals surface area (Å²) < 4.78 is 6.28. The van der Waals surface area contributed by atoms with Crippen molar-refractivity contribution in [3.8, 4) is 0 Å². The Bertz CT molecular complexity index is 241. The molecule has 0 fully saturated rings. The summed E-state index contributed by atoms with van der Waals surface area (Å²) in [4.78, 5) is 0. The second-order valence-corrected chi connectivity index (χ2v) is 9.60. The molecular formula is C16H30OSi. The van der Waals surface area contributed by atoms with Crippen LogP contribution in [0, 0.1) is 5.92 Å². The molecule has 0 atom stereocenters. The van der Waals surface area contributed by atoms with Crippen LogP contribution in [0.5, 0.6) is 0 Å². The zero-order chi connectivity index (χ0) is 13.3. The van der Waals surface area contributed by atoms with E-state index in [-0.39, 0.29) is 0 Å². The van der Waals surface area contributed by atoms with Crippen molar-refractivity contribution in [3.63, 3.8) is 0 Å². The molecule has 1 aliphatic rings. The maximum Gasteiger partial charge on any atom is 0.192 e. The van der Waals surface area contributed by atoms with Crippen molar-refractivity contribution in [3.05, 3.63) is 24.3 Å². The standard InChI is InChI=1S/C16H30OSi/c1-4-13-18(14-5-2,17-6-3)15-9-12-16-10-7-8-11-16/h7-8,10-11,16H,4-6,9,12-15H2,1-3H3. The fraction of sp³-hybridized carbons (Fsp3) is 0.750. The van der Waals surface area contributed by atoms with Crippen molar-refractivity contribution in [1.29, 1.82) is 0 Å². The molecule has 1 rings (SSSR count). The first-order valence-corrected chi connectivity index (χ1v) is 10.3. The highest BCUT2D eigenvalue weighted by Gasteiger charge is 2.32. The van der Waals surface area contributed by atoms with Crippen molar-refractivity contribution in [1.82, 2.24) is 0 Å². The van der Waals surface area contributed by atoms with Gasteiger partial charge in [0.25, 0.3) is 0 Å². The quantitative estimate of drug-likeness (QED) is 0.487. The molecule has 1 aliphatic carbocycles. The summed E-state index contributed by atoms with van der Waals surface area (Å²) >= 11 is 0. The van der Waals surface area contributed by atoms with Crippen molar-refractivity contribution in [2.24, 2.45) is 5.92 Å². The summed E-state index contributed by atoms with van der Waals surface area (Å²) in [5.41, 5.74) is 0. The van der Waals surface area contributed by atoms with Crippen LogP contribution in [0.4, 0.5) is 0 Å². The third-order valence-corrected chi connectivity index (χ3v) is 8.85. The Labute approximate surface area is 114 Å². The molecule has 0 aromatic carbocycles. The Morgan fingerprint density at radius 2 is 1.56 bits per heavy atom.